The molecule has 0 spiro atoms. The number of nitrogens with zero attached hydrogens (tertiary/aromatic N) is 5. The van der Waals surface area contributed by atoms with Crippen LogP contribution in [0.25, 0.3) is 16.7 Å². The lowest BCUT2D eigenvalue weighted by atomic mass is 10.1. The molecular formula is C26H27N7O2. The molecule has 0 bridgehead atoms. The summed E-state index contributed by atoms with van der Waals surface area (Å²) in [6.45, 7) is 5.85. The maximum atomic E-state index is 12.9. The molecule has 1 fully saturated rings. The number of anilines is 1. The third kappa shape index (κ3) is 4.90. The predicted molar refractivity (Wildman–Crippen MR) is 134 cm³/mol. The van der Waals surface area contributed by atoms with Gasteiger partial charge in [0.25, 0.3) is 0 Å². The molecular weight excluding hydrogens is 442 g/mol. The monoisotopic (exact) mass is 469 g/mol. The number of hydrogen-bond acceptors (Lipinski definition) is 7. The molecule has 1 saturated heterocycles. The highest BCUT2D eigenvalue weighted by Crippen LogP contribution is 2.24. The summed E-state index contributed by atoms with van der Waals surface area (Å²) >= 11 is 0. The van der Waals surface area contributed by atoms with E-state index in [1.165, 1.54) is 18.8 Å². The van der Waals surface area contributed by atoms with Crippen molar-refractivity contribution in [1.82, 2.24) is 30.4 Å². The van der Waals surface area contributed by atoms with E-state index in [-0.39, 0.29) is 17.7 Å². The summed E-state index contributed by atoms with van der Waals surface area (Å²) in [6.07, 6.45) is 3.46. The van der Waals surface area contributed by atoms with Crippen molar-refractivity contribution in [2.45, 2.75) is 26.4 Å². The van der Waals surface area contributed by atoms with Crippen LogP contribution in [0.15, 0.2) is 61.1 Å². The van der Waals surface area contributed by atoms with E-state index in [1.807, 2.05) is 54.2 Å². The van der Waals surface area contributed by atoms with Gasteiger partial charge in [-0.05, 0) is 31.5 Å². The summed E-state index contributed by atoms with van der Waals surface area (Å²) in [5.74, 6) is 0.716. The SMILES string of the molecule is CC(=O)c1ccc(CNC(=O)C2CN(c3ncnc4nn(-c5ccc(C)cc5)cc34)CCN2)cc1. The first-order valence-corrected chi connectivity index (χ1v) is 11.6. The van der Waals surface area contributed by atoms with Gasteiger partial charge in [-0.2, -0.15) is 0 Å². The van der Waals surface area contributed by atoms with E-state index >= 15 is 0 Å². The Morgan fingerprint density at radius 1 is 1.09 bits per heavy atom. The van der Waals surface area contributed by atoms with E-state index in [0.717, 1.165) is 29.0 Å². The van der Waals surface area contributed by atoms with Gasteiger partial charge in [-0.3, -0.25) is 9.59 Å². The van der Waals surface area contributed by atoms with Crippen LogP contribution in [0.1, 0.15) is 28.4 Å². The predicted octanol–water partition coefficient (Wildman–Crippen LogP) is 2.42. The topological polar surface area (TPSA) is 105 Å². The number of ketones is 1. The summed E-state index contributed by atoms with van der Waals surface area (Å²) < 4.78 is 1.81. The van der Waals surface area contributed by atoms with Gasteiger partial charge in [0, 0.05) is 37.9 Å². The van der Waals surface area contributed by atoms with Gasteiger partial charge in [0.1, 0.15) is 18.2 Å². The number of benzene rings is 2. The lowest BCUT2D eigenvalue weighted by Crippen LogP contribution is -2.57. The minimum absolute atomic E-state index is 0.0234. The van der Waals surface area contributed by atoms with Crippen LogP contribution in [0.3, 0.4) is 0 Å². The quantitative estimate of drug-likeness (QED) is 0.418. The number of nitrogens with one attached hydrogen (secondary N) is 2. The molecule has 1 aliphatic rings. The highest BCUT2D eigenvalue weighted by molar-refractivity contribution is 5.94. The summed E-state index contributed by atoms with van der Waals surface area (Å²) in [4.78, 5) is 35.3. The van der Waals surface area contributed by atoms with E-state index in [1.54, 1.807) is 12.1 Å². The lowest BCUT2D eigenvalue weighted by Gasteiger charge is -2.33. The van der Waals surface area contributed by atoms with Gasteiger partial charge in [0.2, 0.25) is 5.91 Å². The van der Waals surface area contributed by atoms with Gasteiger partial charge in [0.15, 0.2) is 11.4 Å². The van der Waals surface area contributed by atoms with Crippen molar-refractivity contribution in [1.29, 1.82) is 0 Å². The fraction of sp³-hybridized carbons (Fsp3) is 0.269. The van der Waals surface area contributed by atoms with Crippen molar-refractivity contribution in [3.05, 3.63) is 77.7 Å². The molecule has 0 radical (unpaired) electrons. The molecule has 1 amide bonds. The second kappa shape index (κ2) is 9.63. The zero-order valence-corrected chi connectivity index (χ0v) is 19.7. The van der Waals surface area contributed by atoms with Gasteiger partial charge < -0.3 is 15.5 Å². The molecule has 4 aromatic rings. The number of piperazine rings is 1. The fourth-order valence-corrected chi connectivity index (χ4v) is 4.20. The Hall–Kier alpha value is -4.11. The summed E-state index contributed by atoms with van der Waals surface area (Å²) in [7, 11) is 0. The molecule has 1 atom stereocenters. The normalized spacial score (nSPS) is 15.8. The van der Waals surface area contributed by atoms with Gasteiger partial charge in [-0.1, -0.05) is 42.0 Å². The minimum atomic E-state index is -0.377. The van der Waals surface area contributed by atoms with Crippen molar-refractivity contribution in [2.24, 2.45) is 0 Å². The molecule has 9 heteroatoms. The Morgan fingerprint density at radius 2 is 1.86 bits per heavy atom. The van der Waals surface area contributed by atoms with Crippen molar-refractivity contribution in [3.8, 4) is 5.69 Å². The van der Waals surface area contributed by atoms with Crippen LogP contribution in [0.4, 0.5) is 5.82 Å². The third-order valence-electron chi connectivity index (χ3n) is 6.21. The second-order valence-corrected chi connectivity index (χ2v) is 8.77. The smallest absolute Gasteiger partial charge is 0.239 e. The molecule has 3 heterocycles. The highest BCUT2D eigenvalue weighted by atomic mass is 16.2. The number of amides is 1. The van der Waals surface area contributed by atoms with E-state index < -0.39 is 0 Å². The summed E-state index contributed by atoms with van der Waals surface area (Å²) in [6, 6.07) is 15.0. The van der Waals surface area contributed by atoms with Crippen molar-refractivity contribution in [2.75, 3.05) is 24.5 Å². The highest BCUT2D eigenvalue weighted by Gasteiger charge is 2.27. The van der Waals surface area contributed by atoms with Gasteiger partial charge in [-0.15, -0.1) is 5.10 Å². The van der Waals surface area contributed by atoms with Crippen LogP contribution in [0.2, 0.25) is 0 Å². The van der Waals surface area contributed by atoms with Crippen LogP contribution in [0, 0.1) is 6.92 Å². The first-order chi connectivity index (χ1) is 17.0. The van der Waals surface area contributed by atoms with Crippen molar-refractivity contribution >= 4 is 28.5 Å². The molecule has 0 aliphatic carbocycles. The minimum Gasteiger partial charge on any atom is -0.353 e. The Balaban J connectivity index is 1.29. The second-order valence-electron chi connectivity index (χ2n) is 8.77. The number of aryl methyl sites for hydroxylation is 1. The zero-order chi connectivity index (χ0) is 24.4. The molecule has 1 unspecified atom stereocenters. The Bertz CT molecular complexity index is 1360. The molecule has 2 aromatic heterocycles. The summed E-state index contributed by atoms with van der Waals surface area (Å²) in [5, 5.41) is 11.8. The zero-order valence-electron chi connectivity index (χ0n) is 19.7. The number of aromatic nitrogens is 4. The summed E-state index contributed by atoms with van der Waals surface area (Å²) in [5.41, 5.74) is 4.35. The largest absolute Gasteiger partial charge is 0.353 e. The molecule has 35 heavy (non-hydrogen) atoms. The molecule has 1 aliphatic heterocycles. The molecule has 2 N–H and O–H groups in total. The molecule has 178 valence electrons. The Kier molecular flexibility index (Phi) is 6.24. The average molecular weight is 470 g/mol. The van der Waals surface area contributed by atoms with Crippen LogP contribution in [-0.4, -0.2) is 57.1 Å². The van der Waals surface area contributed by atoms with Crippen molar-refractivity contribution in [3.63, 3.8) is 0 Å². The third-order valence-corrected chi connectivity index (χ3v) is 6.21. The maximum Gasteiger partial charge on any atom is 0.239 e. The number of carbonyl (C=O) groups excluding carboxylic acids is 2. The van der Waals surface area contributed by atoms with Crippen molar-refractivity contribution < 1.29 is 9.59 Å². The van der Waals surface area contributed by atoms with Crippen LogP contribution in [-0.2, 0) is 11.3 Å². The first kappa shape index (κ1) is 22.7. The molecule has 5 rings (SSSR count). The number of fused-ring (bicyclic) bond motifs is 1. The number of hydrogen-bond donors (Lipinski definition) is 2. The van der Waals surface area contributed by atoms with E-state index in [2.05, 4.69) is 30.6 Å². The number of carbonyl (C=O) groups is 2. The van der Waals surface area contributed by atoms with E-state index in [9.17, 15) is 9.59 Å². The molecule has 2 aromatic carbocycles. The lowest BCUT2D eigenvalue weighted by molar-refractivity contribution is -0.123. The van der Waals surface area contributed by atoms with Crippen LogP contribution < -0.4 is 15.5 Å². The maximum absolute atomic E-state index is 12.9. The van der Waals surface area contributed by atoms with E-state index in [0.29, 0.717) is 30.8 Å². The average Bonchev–Trinajstić information content (AvgIpc) is 3.32. The van der Waals surface area contributed by atoms with Gasteiger partial charge >= 0.3 is 0 Å². The van der Waals surface area contributed by atoms with Gasteiger partial charge in [-0.25, -0.2) is 14.6 Å². The van der Waals surface area contributed by atoms with Crippen LogP contribution in [0.5, 0.6) is 0 Å². The standard InChI is InChI=1S/C26H27N7O2/c1-17-3-9-21(10-4-17)33-14-22-24(31-33)29-16-30-25(22)32-12-11-27-23(15-32)26(35)28-13-19-5-7-20(8-6-19)18(2)34/h3-10,14,16,23,27H,11-13,15H2,1-2H3,(H,28,35). The molecule has 0 saturated carbocycles. The number of Topliss-reactive ketones (excluding diaryl/α,β-unsaturated/α-hetero) is 1. The van der Waals surface area contributed by atoms with Gasteiger partial charge in [0.05, 0.1) is 11.1 Å². The first-order valence-electron chi connectivity index (χ1n) is 11.6. The number of rotatable bonds is 6. The van der Waals surface area contributed by atoms with Crippen LogP contribution >= 0.6 is 0 Å². The Labute approximate surface area is 203 Å². The molecule has 9 nitrogen and oxygen atoms in total. The van der Waals surface area contributed by atoms with E-state index in [4.69, 9.17) is 0 Å². The fourth-order valence-electron chi connectivity index (χ4n) is 4.20. The Morgan fingerprint density at radius 3 is 2.60 bits per heavy atom.